The molecule has 0 amide bonds. The first kappa shape index (κ1) is 137. The summed E-state index contributed by atoms with van der Waals surface area (Å²) in [7, 11) is -62.8. The van der Waals surface area contributed by atoms with Gasteiger partial charge in [-0.25, -0.2) is 0 Å². The van der Waals surface area contributed by atoms with E-state index >= 15 is 0 Å². The van der Waals surface area contributed by atoms with E-state index in [1.165, 1.54) is 6.42 Å². The van der Waals surface area contributed by atoms with Gasteiger partial charge < -0.3 is 107 Å². The lowest BCUT2D eigenvalue weighted by Gasteiger charge is -2.47. The van der Waals surface area contributed by atoms with Gasteiger partial charge in [0.2, 0.25) is 0 Å². The smallest absolute Gasteiger partial charge is 0.418 e. The molecule has 26 nitrogen and oxygen atoms in total. The zero-order valence-electron chi connectivity index (χ0n) is 94.9. The molecular weight excluding hydrogens is 2110 g/mol. The topological polar surface area (TPSA) is 240 Å². The molecule has 0 atom stereocenters. The minimum absolute atomic E-state index is 0.791. The van der Waals surface area contributed by atoms with Crippen molar-refractivity contribution < 1.29 is 107 Å². The largest absolute Gasteiger partial charge is 0.636 e. The van der Waals surface area contributed by atoms with Crippen LogP contribution in [0.1, 0.15) is 26.2 Å². The van der Waals surface area contributed by atoms with Crippen LogP contribution in [0, 0.1) is 0 Å². The maximum absolute atomic E-state index is 6.92. The summed E-state index contributed by atoms with van der Waals surface area (Å²) >= 11 is 0. The van der Waals surface area contributed by atoms with Crippen LogP contribution in [-0.2, 0) is 107 Å². The average Bonchev–Trinajstić information content (AvgIpc) is 0.794. The van der Waals surface area contributed by atoms with Gasteiger partial charge in [0.05, 0.1) is 0 Å². The number of hydrogen-bond donors (Lipinski definition) is 0. The second kappa shape index (κ2) is 48.7. The Morgan fingerprint density at radius 3 is 0.496 bits per heavy atom. The molecule has 0 spiro atoms. The zero-order valence-corrected chi connectivity index (χ0v) is 125. The molecule has 3 aliphatic heterocycles. The highest BCUT2D eigenvalue weighted by molar-refractivity contribution is 6.98. The zero-order chi connectivity index (χ0) is 103. The minimum Gasteiger partial charge on any atom is -0.418 e. The van der Waals surface area contributed by atoms with Crippen molar-refractivity contribution in [1.29, 1.82) is 0 Å². The monoisotopic (exact) mass is 2320 g/mol. The van der Waals surface area contributed by atoms with Crippen molar-refractivity contribution in [3.8, 4) is 0 Å². The van der Waals surface area contributed by atoms with E-state index in [9.17, 15) is 0 Å². The molecule has 3 aliphatic rings. The molecule has 0 aromatic heterocycles. The Labute approximate surface area is 818 Å². The van der Waals surface area contributed by atoms with Gasteiger partial charge in [-0.2, -0.15) is 0 Å². The van der Waals surface area contributed by atoms with E-state index in [1.807, 2.05) is 0 Å². The van der Waals surface area contributed by atoms with E-state index in [4.69, 9.17) is 107 Å². The summed E-state index contributed by atoms with van der Waals surface area (Å²) in [5.74, 6) is 0. The highest BCUT2D eigenvalue weighted by Crippen LogP contribution is 2.40. The van der Waals surface area contributed by atoms with Crippen LogP contribution in [0.3, 0.4) is 0 Å². The maximum Gasteiger partial charge on any atom is 0.636 e. The Morgan fingerprint density at radius 1 is 0.197 bits per heavy atom. The van der Waals surface area contributed by atoms with Gasteiger partial charge in [-0.15, -0.1) is 0 Å². The van der Waals surface area contributed by atoms with Gasteiger partial charge in [0.25, 0.3) is 0 Å². The van der Waals surface area contributed by atoms with E-state index in [-0.39, 0.29) is 0 Å². The fourth-order valence-corrected chi connectivity index (χ4v) is 141. The first-order valence-corrected chi connectivity index (χ1v) is 134. The van der Waals surface area contributed by atoms with Crippen molar-refractivity contribution in [2.24, 2.45) is 0 Å². The molecular formula is C71H208O26Si30. The third-order valence-corrected chi connectivity index (χ3v) is 115. The number of hydrogen-bond acceptors (Lipinski definition) is 26. The molecule has 3 fully saturated rings. The van der Waals surface area contributed by atoms with Crippen LogP contribution in [0.2, 0.25) is 437 Å². The van der Waals surface area contributed by atoms with Crippen molar-refractivity contribution >= 4 is 256 Å². The van der Waals surface area contributed by atoms with Crippen LogP contribution in [0.25, 0.3) is 0 Å². The first-order valence-electron chi connectivity index (χ1n) is 46.5. The number of unbranched alkanes of at least 4 members (excludes halogenated alkanes) is 1. The minimum atomic E-state index is -3.09. The molecule has 0 aromatic carbocycles. The van der Waals surface area contributed by atoms with E-state index in [0.717, 1.165) is 31.0 Å². The van der Waals surface area contributed by atoms with Crippen molar-refractivity contribution in [2.75, 3.05) is 0 Å². The second-order valence-electron chi connectivity index (χ2n) is 51.9. The summed E-state index contributed by atoms with van der Waals surface area (Å²) in [5, 5.41) is 0. The van der Waals surface area contributed by atoms with Crippen LogP contribution >= 0.6 is 0 Å². The third-order valence-electron chi connectivity index (χ3n) is 14.2. The van der Waals surface area contributed by atoms with E-state index in [2.05, 4.69) is 426 Å². The lowest BCUT2D eigenvalue weighted by atomic mass is 10.4. The Morgan fingerprint density at radius 2 is 0.346 bits per heavy atom. The van der Waals surface area contributed by atoms with Gasteiger partial charge in [-0.05, 0) is 425 Å². The summed E-state index contributed by atoms with van der Waals surface area (Å²) in [6, 6.07) is 2.62. The first-order chi connectivity index (χ1) is 54.3. The second-order valence-corrected chi connectivity index (χ2v) is 169. The Kier molecular flexibility index (Phi) is 52.3. The van der Waals surface area contributed by atoms with Gasteiger partial charge in [-0.1, -0.05) is 19.8 Å². The predicted octanol–water partition coefficient (Wildman–Crippen LogP) is 27.0. The molecule has 0 saturated carbocycles. The predicted molar refractivity (Wildman–Crippen MR) is 611 cm³/mol. The molecule has 3 rings (SSSR count). The summed E-state index contributed by atoms with van der Waals surface area (Å²) in [6.07, 6.45) is 3.19. The maximum atomic E-state index is 6.92. The third kappa shape index (κ3) is 74.1. The van der Waals surface area contributed by atoms with Gasteiger partial charge in [0.15, 0.2) is 108 Å². The van der Waals surface area contributed by atoms with Crippen LogP contribution in [0.15, 0.2) is 0 Å². The van der Waals surface area contributed by atoms with Gasteiger partial charge in [0, 0.05) is 18.6 Å². The summed E-state index contributed by atoms with van der Waals surface area (Å²) in [5.41, 5.74) is 0. The van der Waals surface area contributed by atoms with Crippen LogP contribution in [0.5, 0.6) is 0 Å². The van der Waals surface area contributed by atoms with Crippen molar-refractivity contribution in [1.82, 2.24) is 0 Å². The summed E-state index contributed by atoms with van der Waals surface area (Å²) in [6.45, 7) is 140. The fraction of sp³-hybridized carbons (Fsp3) is 1.00. The quantitative estimate of drug-likeness (QED) is 0.0555. The van der Waals surface area contributed by atoms with E-state index in [0.29, 0.717) is 0 Å². The lowest BCUT2D eigenvalue weighted by molar-refractivity contribution is 0.149. The Bertz CT molecular complexity index is 2830. The van der Waals surface area contributed by atoms with E-state index < -0.39 is 256 Å². The van der Waals surface area contributed by atoms with E-state index in [1.54, 1.807) is 0 Å². The molecule has 0 unspecified atom stereocenters. The highest BCUT2D eigenvalue weighted by atomic mass is 28.6. The highest BCUT2D eigenvalue weighted by Gasteiger charge is 2.60. The summed E-state index contributed by atoms with van der Waals surface area (Å²) in [4.78, 5) is 0. The van der Waals surface area contributed by atoms with Crippen molar-refractivity contribution in [3.05, 3.63) is 0 Å². The molecule has 3 heterocycles. The van der Waals surface area contributed by atoms with Crippen LogP contribution in [-0.4, -0.2) is 256 Å². The van der Waals surface area contributed by atoms with Gasteiger partial charge >= 0.3 is 147 Å². The Hall–Kier alpha value is 5.47. The molecule has 0 radical (unpaired) electrons. The van der Waals surface area contributed by atoms with Crippen molar-refractivity contribution in [2.45, 2.75) is 463 Å². The SMILES string of the molecule is CCCC[Si]1(C)O[Si](C)(C)O[Si](C)(C)O[Si](C)(C)O1.C[SiH]1O[Si](C)(C)O[Si](C)(C)O[Si](C)(C)O1.C[Si](C)(C)O[Si](C)(O[Si](C)(C)C)O[Si](C)(C)C.C[Si](C)(C)O[Si](CCC[Si](O[Si](C)(C)C)(O[Si](C)(C)C)O[Si](C)(C)C)(O[Si](C)(C)C)O[Si](C)(C)C.C[Si](C)(C)O[Si](O[Si](C)(C)C)(O[Si](C)(C)C)O[Si](C)(C)C.C[Si]1(C)O[Si](C)(C)O[Si](C)(C)O[Si](C)(C)O[Si](C)(C)O1. The van der Waals surface area contributed by atoms with Crippen LogP contribution in [0.4, 0.5) is 0 Å². The molecule has 0 aliphatic carbocycles. The van der Waals surface area contributed by atoms with Crippen molar-refractivity contribution in [3.63, 3.8) is 0 Å². The number of rotatable bonds is 33. The van der Waals surface area contributed by atoms with Gasteiger partial charge in [-0.3, -0.25) is 0 Å². The fourth-order valence-electron chi connectivity index (χ4n) is 15.2. The lowest BCUT2D eigenvalue weighted by Crippen LogP contribution is -2.65. The average molecular weight is 2320 g/mol. The van der Waals surface area contributed by atoms with Crippen LogP contribution < -0.4 is 0 Å². The normalized spacial score (nSPS) is 21.7. The summed E-state index contributed by atoms with van der Waals surface area (Å²) < 4.78 is 167. The molecule has 127 heavy (non-hydrogen) atoms. The molecule has 3 saturated heterocycles. The standard InChI is InChI=1S/C21H60O6Si8.C12H36O4Si5.C11H30O4Si4.C10H30O5Si5.C10H30O3Si4.C7H22O4Si4/c1-28(2,3)22-34(23-29(4,5)6,24-30(7,8)9)20-19-21-35(25-31(10,11)12,26-32(13,14)15)27-33(16,17)18;1-17(2,3)13-21(14-18(4,5)6,15-19(7,8)9)16-20(10,11)12;1-9-10-11-19(8)14-17(4,5)12-16(2,3)13-18(6,7)15-19;1-16(2)11-17(3,4)13-19(7,8)15-20(9,10)14-18(5,6)12-16;1-14(2,3)11-17(10,12-15(4,5)6)13-16(7,8)9;1-12-8-13(2,3)10-15(6,7)11-14(4,5)9-12/h19-21H2,1-18H3;1-12H3;9-11H2,1-8H3;1-10H3;1-10H3;12H,1-7H3. The molecule has 0 aromatic rings. The molecule has 0 N–H and O–H groups in total. The molecule has 0 bridgehead atoms. The molecule has 768 valence electrons. The molecule has 56 heteroatoms. The Balaban J connectivity index is -0.00000149. The van der Waals surface area contributed by atoms with Gasteiger partial charge in [0.1, 0.15) is 0 Å².